The van der Waals surface area contributed by atoms with Crippen molar-refractivity contribution >= 4 is 28.4 Å². The molecular weight excluding hydrogens is 398 g/mol. The van der Waals surface area contributed by atoms with Crippen LogP contribution in [0, 0.1) is 0 Å². The van der Waals surface area contributed by atoms with Gasteiger partial charge in [0.05, 0.1) is 5.52 Å². The Morgan fingerprint density at radius 1 is 1.13 bits per heavy atom. The lowest BCUT2D eigenvalue weighted by atomic mass is 9.99. The van der Waals surface area contributed by atoms with Crippen LogP contribution in [0.3, 0.4) is 0 Å². The van der Waals surface area contributed by atoms with Gasteiger partial charge in [-0.05, 0) is 67.4 Å². The van der Waals surface area contributed by atoms with Gasteiger partial charge in [-0.3, -0.25) is 14.7 Å². The molecule has 1 aliphatic rings. The Morgan fingerprint density at radius 3 is 2.70 bits per heavy atom. The van der Waals surface area contributed by atoms with Crippen molar-refractivity contribution in [2.45, 2.75) is 19.4 Å². The number of aromatic nitrogens is 1. The number of benzene rings is 2. The first-order chi connectivity index (χ1) is 14.5. The Kier molecular flexibility index (Phi) is 6.21. The Morgan fingerprint density at radius 2 is 1.93 bits per heavy atom. The normalized spacial score (nSPS) is 14.2. The highest BCUT2D eigenvalue weighted by Crippen LogP contribution is 2.33. The molecule has 5 nitrogen and oxygen atoms in total. The number of fused-ring (bicyclic) bond motifs is 1. The summed E-state index contributed by atoms with van der Waals surface area (Å²) in [5, 5.41) is 1.74. The maximum absolute atomic E-state index is 12.0. The van der Waals surface area contributed by atoms with E-state index in [4.69, 9.17) is 16.3 Å². The lowest BCUT2D eigenvalue weighted by Gasteiger charge is -2.20. The van der Waals surface area contributed by atoms with Crippen molar-refractivity contribution in [1.29, 1.82) is 0 Å². The third kappa shape index (κ3) is 4.58. The Bertz CT molecular complexity index is 1060. The molecule has 4 rings (SSSR count). The number of ether oxygens (including phenoxy) is 1. The molecule has 0 aliphatic carbocycles. The van der Waals surface area contributed by atoms with Gasteiger partial charge in [-0.2, -0.15) is 0 Å². The number of nitrogens with zero attached hydrogens (tertiary/aromatic N) is 3. The van der Waals surface area contributed by atoms with Crippen LogP contribution in [0.25, 0.3) is 22.0 Å². The van der Waals surface area contributed by atoms with E-state index in [2.05, 4.69) is 16.0 Å². The van der Waals surface area contributed by atoms with Crippen molar-refractivity contribution in [2.75, 3.05) is 33.8 Å². The fourth-order valence-corrected chi connectivity index (χ4v) is 4.00. The summed E-state index contributed by atoms with van der Waals surface area (Å²) in [5.41, 5.74) is 4.18. The standard InChI is InChI=1S/C24H26ClN3O2/c1-27(2)24(29)16-30-23-8-5-17(13-18(23)15-28-11-3-4-12-28)20-9-10-26-22-14-19(25)6-7-21(20)22/h5-10,13-14H,3-4,11-12,15-16H2,1-2H3. The molecule has 0 atom stereocenters. The quantitative estimate of drug-likeness (QED) is 0.580. The summed E-state index contributed by atoms with van der Waals surface area (Å²) in [6, 6.07) is 14.0. The molecule has 2 heterocycles. The number of likely N-dealkylation sites (N-methyl/N-ethyl adjacent to an activating group) is 1. The largest absolute Gasteiger partial charge is 0.483 e. The van der Waals surface area contributed by atoms with Gasteiger partial charge >= 0.3 is 0 Å². The third-order valence-corrected chi connectivity index (χ3v) is 5.75. The summed E-state index contributed by atoms with van der Waals surface area (Å²) in [6.45, 7) is 3.04. The number of rotatable bonds is 6. The van der Waals surface area contributed by atoms with Gasteiger partial charge in [-0.1, -0.05) is 23.7 Å². The molecule has 0 bridgehead atoms. The summed E-state index contributed by atoms with van der Waals surface area (Å²) >= 11 is 6.15. The van der Waals surface area contributed by atoms with E-state index >= 15 is 0 Å². The summed E-state index contributed by atoms with van der Waals surface area (Å²) in [6.07, 6.45) is 4.27. The monoisotopic (exact) mass is 423 g/mol. The highest BCUT2D eigenvalue weighted by atomic mass is 35.5. The lowest BCUT2D eigenvalue weighted by Crippen LogP contribution is -2.28. The number of hydrogen-bond acceptors (Lipinski definition) is 4. The molecular formula is C24H26ClN3O2. The molecule has 3 aromatic rings. The van der Waals surface area contributed by atoms with E-state index in [9.17, 15) is 4.79 Å². The number of carbonyl (C=O) groups excluding carboxylic acids is 1. The van der Waals surface area contributed by atoms with Crippen LogP contribution in [0.15, 0.2) is 48.7 Å². The van der Waals surface area contributed by atoms with Crippen molar-refractivity contribution < 1.29 is 9.53 Å². The molecule has 30 heavy (non-hydrogen) atoms. The van der Waals surface area contributed by atoms with E-state index < -0.39 is 0 Å². The number of amides is 1. The van der Waals surface area contributed by atoms with Crippen molar-refractivity contribution in [2.24, 2.45) is 0 Å². The highest BCUT2D eigenvalue weighted by Gasteiger charge is 2.17. The molecule has 1 aromatic heterocycles. The van der Waals surface area contributed by atoms with Crippen LogP contribution in [-0.2, 0) is 11.3 Å². The van der Waals surface area contributed by atoms with Gasteiger partial charge in [0, 0.05) is 42.8 Å². The topological polar surface area (TPSA) is 45.7 Å². The number of halogens is 1. The molecule has 1 aliphatic heterocycles. The predicted octanol–water partition coefficient (Wildman–Crippen LogP) is 4.62. The van der Waals surface area contributed by atoms with E-state index in [0.29, 0.717) is 5.02 Å². The average Bonchev–Trinajstić information content (AvgIpc) is 3.25. The van der Waals surface area contributed by atoms with E-state index in [-0.39, 0.29) is 12.5 Å². The van der Waals surface area contributed by atoms with Gasteiger partial charge in [0.2, 0.25) is 0 Å². The average molecular weight is 424 g/mol. The maximum atomic E-state index is 12.0. The first-order valence-electron chi connectivity index (χ1n) is 10.2. The fraction of sp³-hybridized carbons (Fsp3) is 0.333. The second-order valence-electron chi connectivity index (χ2n) is 7.90. The second kappa shape index (κ2) is 9.02. The van der Waals surface area contributed by atoms with Crippen molar-refractivity contribution in [3.63, 3.8) is 0 Å². The van der Waals surface area contributed by atoms with Crippen LogP contribution >= 0.6 is 11.6 Å². The van der Waals surface area contributed by atoms with E-state index in [1.165, 1.54) is 12.8 Å². The number of carbonyl (C=O) groups is 1. The van der Waals surface area contributed by atoms with Crippen molar-refractivity contribution in [3.05, 3.63) is 59.2 Å². The van der Waals surface area contributed by atoms with Gasteiger partial charge in [0.15, 0.2) is 6.61 Å². The number of pyridine rings is 1. The van der Waals surface area contributed by atoms with Crippen LogP contribution in [-0.4, -0.2) is 54.5 Å². The minimum atomic E-state index is -0.0526. The van der Waals surface area contributed by atoms with Crippen LogP contribution in [0.2, 0.25) is 5.02 Å². The first-order valence-corrected chi connectivity index (χ1v) is 10.6. The summed E-state index contributed by atoms with van der Waals surface area (Å²) in [4.78, 5) is 20.4. The molecule has 0 unspecified atom stereocenters. The predicted molar refractivity (Wildman–Crippen MR) is 121 cm³/mol. The van der Waals surface area contributed by atoms with Crippen LogP contribution in [0.4, 0.5) is 0 Å². The second-order valence-corrected chi connectivity index (χ2v) is 8.34. The Balaban J connectivity index is 1.70. The smallest absolute Gasteiger partial charge is 0.259 e. The minimum Gasteiger partial charge on any atom is -0.483 e. The van der Waals surface area contributed by atoms with Crippen LogP contribution < -0.4 is 4.74 Å². The van der Waals surface area contributed by atoms with Gasteiger partial charge < -0.3 is 9.64 Å². The van der Waals surface area contributed by atoms with E-state index in [0.717, 1.165) is 53.0 Å². The zero-order valence-corrected chi connectivity index (χ0v) is 18.2. The maximum Gasteiger partial charge on any atom is 0.259 e. The summed E-state index contributed by atoms with van der Waals surface area (Å²) in [7, 11) is 3.47. The summed E-state index contributed by atoms with van der Waals surface area (Å²) < 4.78 is 5.92. The summed E-state index contributed by atoms with van der Waals surface area (Å²) in [5.74, 6) is 0.713. The fourth-order valence-electron chi connectivity index (χ4n) is 3.83. The molecule has 0 radical (unpaired) electrons. The zero-order valence-electron chi connectivity index (χ0n) is 17.4. The lowest BCUT2D eigenvalue weighted by molar-refractivity contribution is -0.130. The van der Waals surface area contributed by atoms with E-state index in [1.54, 1.807) is 19.0 Å². The first kappa shape index (κ1) is 20.6. The molecule has 1 amide bonds. The van der Waals surface area contributed by atoms with Crippen LogP contribution in [0.5, 0.6) is 5.75 Å². The number of hydrogen-bond donors (Lipinski definition) is 0. The SMILES string of the molecule is CN(C)C(=O)COc1ccc(-c2ccnc3cc(Cl)ccc23)cc1CN1CCCC1. The molecule has 6 heteroatoms. The van der Waals surface area contributed by atoms with Gasteiger partial charge in [-0.25, -0.2) is 0 Å². The van der Waals surface area contributed by atoms with Crippen molar-refractivity contribution in [3.8, 4) is 16.9 Å². The number of likely N-dealkylation sites (tertiary alicyclic amines) is 1. The van der Waals surface area contributed by atoms with Crippen molar-refractivity contribution in [1.82, 2.24) is 14.8 Å². The van der Waals surface area contributed by atoms with Crippen LogP contribution in [0.1, 0.15) is 18.4 Å². The van der Waals surface area contributed by atoms with Gasteiger partial charge in [0.1, 0.15) is 5.75 Å². The molecule has 0 N–H and O–H groups in total. The molecule has 1 fully saturated rings. The molecule has 2 aromatic carbocycles. The Labute approximate surface area is 182 Å². The van der Waals surface area contributed by atoms with Gasteiger partial charge in [0.25, 0.3) is 5.91 Å². The molecule has 1 saturated heterocycles. The minimum absolute atomic E-state index is 0.0377. The third-order valence-electron chi connectivity index (χ3n) is 5.52. The highest BCUT2D eigenvalue weighted by molar-refractivity contribution is 6.31. The zero-order chi connectivity index (χ0) is 21.1. The molecule has 156 valence electrons. The molecule has 0 saturated carbocycles. The Hall–Kier alpha value is -2.63. The molecule has 0 spiro atoms. The van der Waals surface area contributed by atoms with Gasteiger partial charge in [-0.15, -0.1) is 0 Å². The van der Waals surface area contributed by atoms with E-state index in [1.807, 2.05) is 42.6 Å².